The highest BCUT2D eigenvalue weighted by Crippen LogP contribution is 2.31. The second-order valence-corrected chi connectivity index (χ2v) is 4.20. The highest BCUT2D eigenvalue weighted by molar-refractivity contribution is 6.45. The quantitative estimate of drug-likeness (QED) is 0.474. The predicted molar refractivity (Wildman–Crippen MR) is 70.5 cm³/mol. The lowest BCUT2D eigenvalue weighted by Crippen LogP contribution is -2.23. The molecule has 0 aliphatic carbocycles. The summed E-state index contributed by atoms with van der Waals surface area (Å²) in [6.07, 6.45) is 2.08. The molecular formula is C13H13N3O4. The molecule has 7 nitrogen and oxygen atoms in total. The summed E-state index contributed by atoms with van der Waals surface area (Å²) in [5, 5.41) is 0.387. The zero-order chi connectivity index (χ0) is 14.9. The van der Waals surface area contributed by atoms with Gasteiger partial charge in [0.15, 0.2) is 6.29 Å². The van der Waals surface area contributed by atoms with E-state index in [2.05, 4.69) is 4.98 Å². The van der Waals surface area contributed by atoms with E-state index >= 15 is 0 Å². The number of hydrogen-bond donors (Lipinski definition) is 1. The molecule has 0 aromatic carbocycles. The average molecular weight is 275 g/mol. The van der Waals surface area contributed by atoms with Gasteiger partial charge in [-0.15, -0.1) is 0 Å². The fourth-order valence-corrected chi connectivity index (χ4v) is 2.10. The topological polar surface area (TPSA) is 104 Å². The van der Waals surface area contributed by atoms with Crippen molar-refractivity contribution in [3.05, 3.63) is 23.5 Å². The number of Topliss-reactive ketones (excluding diaryl/α,β-unsaturated/α-hetero) is 1. The Morgan fingerprint density at radius 1 is 1.50 bits per heavy atom. The van der Waals surface area contributed by atoms with Crippen LogP contribution in [0.1, 0.15) is 16.1 Å². The summed E-state index contributed by atoms with van der Waals surface area (Å²) in [5.41, 5.74) is 6.47. The van der Waals surface area contributed by atoms with E-state index in [1.165, 1.54) is 6.20 Å². The number of aromatic nitrogens is 2. The van der Waals surface area contributed by atoms with Crippen molar-refractivity contribution in [1.29, 1.82) is 0 Å². The number of ketones is 1. The average Bonchev–Trinajstić information content (AvgIpc) is 2.69. The molecule has 0 bridgehead atoms. The van der Waals surface area contributed by atoms with Crippen molar-refractivity contribution >= 4 is 28.9 Å². The SMILES string of the molecule is Cc1c(C(=O)C(N)=O)c2c(OCC=O)nccc2n1C. The van der Waals surface area contributed by atoms with Crippen LogP contribution in [0.4, 0.5) is 0 Å². The molecular weight excluding hydrogens is 262 g/mol. The van der Waals surface area contributed by atoms with Crippen LogP contribution in [0.15, 0.2) is 12.3 Å². The molecule has 2 aromatic heterocycles. The molecule has 2 rings (SSSR count). The number of carbonyl (C=O) groups excluding carboxylic acids is 3. The Hall–Kier alpha value is -2.70. The molecule has 0 saturated carbocycles. The van der Waals surface area contributed by atoms with E-state index < -0.39 is 11.7 Å². The van der Waals surface area contributed by atoms with Crippen LogP contribution in [0, 0.1) is 6.92 Å². The fourth-order valence-electron chi connectivity index (χ4n) is 2.10. The van der Waals surface area contributed by atoms with Crippen molar-refractivity contribution in [2.75, 3.05) is 6.61 Å². The van der Waals surface area contributed by atoms with Crippen molar-refractivity contribution < 1.29 is 19.1 Å². The van der Waals surface area contributed by atoms with Crippen LogP contribution in [-0.4, -0.2) is 34.1 Å². The summed E-state index contributed by atoms with van der Waals surface area (Å²) in [4.78, 5) is 37.6. The summed E-state index contributed by atoms with van der Waals surface area (Å²) in [5.74, 6) is -1.73. The number of nitrogens with zero attached hydrogens (tertiary/aromatic N) is 2. The van der Waals surface area contributed by atoms with Gasteiger partial charge in [0.25, 0.3) is 11.7 Å². The number of carbonyl (C=O) groups is 3. The largest absolute Gasteiger partial charge is 0.469 e. The second kappa shape index (κ2) is 5.12. The number of hydrogen-bond acceptors (Lipinski definition) is 5. The Labute approximate surface area is 114 Å². The van der Waals surface area contributed by atoms with E-state index in [1.54, 1.807) is 24.6 Å². The molecule has 104 valence electrons. The van der Waals surface area contributed by atoms with Gasteiger partial charge in [0, 0.05) is 18.9 Å². The molecule has 0 atom stereocenters. The molecule has 1 amide bonds. The summed E-state index contributed by atoms with van der Waals surface area (Å²) < 4.78 is 6.95. The summed E-state index contributed by atoms with van der Waals surface area (Å²) in [6.45, 7) is 1.50. The third-order valence-corrected chi connectivity index (χ3v) is 3.11. The Morgan fingerprint density at radius 3 is 2.80 bits per heavy atom. The van der Waals surface area contributed by atoms with Gasteiger partial charge in [-0.1, -0.05) is 0 Å². The smallest absolute Gasteiger partial charge is 0.289 e. The third kappa shape index (κ3) is 2.03. The standard InChI is InChI=1S/C13H13N3O4/c1-7-9(11(18)12(14)19)10-8(16(7)2)3-4-15-13(10)20-6-5-17/h3-5H,6H2,1-2H3,(H2,14,19). The molecule has 0 saturated heterocycles. The van der Waals surface area contributed by atoms with Gasteiger partial charge in [0.1, 0.15) is 6.61 Å². The van der Waals surface area contributed by atoms with E-state index in [-0.39, 0.29) is 18.1 Å². The maximum absolute atomic E-state index is 12.0. The molecule has 0 fully saturated rings. The molecule has 20 heavy (non-hydrogen) atoms. The maximum Gasteiger partial charge on any atom is 0.289 e. The number of fused-ring (bicyclic) bond motifs is 1. The molecule has 0 radical (unpaired) electrons. The van der Waals surface area contributed by atoms with Gasteiger partial charge in [-0.2, -0.15) is 0 Å². The normalized spacial score (nSPS) is 10.5. The number of pyridine rings is 1. The van der Waals surface area contributed by atoms with Gasteiger partial charge < -0.3 is 15.0 Å². The summed E-state index contributed by atoms with van der Waals surface area (Å²) in [6, 6.07) is 1.69. The Balaban J connectivity index is 2.78. The molecule has 0 aliphatic heterocycles. The van der Waals surface area contributed by atoms with Crippen LogP contribution in [-0.2, 0) is 16.6 Å². The molecule has 0 unspecified atom stereocenters. The number of rotatable bonds is 5. The fraction of sp³-hybridized carbons (Fsp3) is 0.231. The first-order valence-electron chi connectivity index (χ1n) is 5.83. The van der Waals surface area contributed by atoms with Gasteiger partial charge in [0.05, 0.1) is 16.5 Å². The third-order valence-electron chi connectivity index (χ3n) is 3.11. The summed E-state index contributed by atoms with van der Waals surface area (Å²) >= 11 is 0. The highest BCUT2D eigenvalue weighted by atomic mass is 16.5. The second-order valence-electron chi connectivity index (χ2n) is 4.20. The van der Waals surface area contributed by atoms with Crippen LogP contribution >= 0.6 is 0 Å². The number of aryl methyl sites for hydroxylation is 1. The van der Waals surface area contributed by atoms with E-state index in [1.807, 2.05) is 0 Å². The Kier molecular flexibility index (Phi) is 3.51. The van der Waals surface area contributed by atoms with Crippen molar-refractivity contribution in [3.63, 3.8) is 0 Å². The molecule has 2 aromatic rings. The number of aldehydes is 1. The van der Waals surface area contributed by atoms with Gasteiger partial charge in [-0.3, -0.25) is 14.4 Å². The number of ether oxygens (including phenoxy) is 1. The van der Waals surface area contributed by atoms with E-state index in [0.717, 1.165) is 0 Å². The van der Waals surface area contributed by atoms with Gasteiger partial charge in [-0.05, 0) is 13.0 Å². The number of amides is 1. The van der Waals surface area contributed by atoms with Gasteiger partial charge in [-0.25, -0.2) is 4.98 Å². The number of nitrogens with two attached hydrogens (primary N) is 1. The summed E-state index contributed by atoms with van der Waals surface area (Å²) in [7, 11) is 1.75. The lowest BCUT2D eigenvalue weighted by Gasteiger charge is -2.04. The first-order valence-corrected chi connectivity index (χ1v) is 5.83. The van der Waals surface area contributed by atoms with E-state index in [4.69, 9.17) is 10.5 Å². The van der Waals surface area contributed by atoms with Crippen molar-refractivity contribution in [3.8, 4) is 5.88 Å². The highest BCUT2D eigenvalue weighted by Gasteiger charge is 2.25. The van der Waals surface area contributed by atoms with Crippen molar-refractivity contribution in [2.24, 2.45) is 12.8 Å². The minimum Gasteiger partial charge on any atom is -0.469 e. The lowest BCUT2D eigenvalue weighted by atomic mass is 10.1. The Morgan fingerprint density at radius 2 is 2.20 bits per heavy atom. The Bertz CT molecular complexity index is 718. The van der Waals surface area contributed by atoms with Crippen LogP contribution in [0.3, 0.4) is 0 Å². The maximum atomic E-state index is 12.0. The molecule has 0 spiro atoms. The minimum absolute atomic E-state index is 0.128. The van der Waals surface area contributed by atoms with Gasteiger partial charge in [0.2, 0.25) is 5.88 Å². The zero-order valence-corrected chi connectivity index (χ0v) is 11.0. The molecule has 7 heteroatoms. The van der Waals surface area contributed by atoms with Crippen molar-refractivity contribution in [2.45, 2.75) is 6.92 Å². The van der Waals surface area contributed by atoms with E-state index in [0.29, 0.717) is 22.9 Å². The predicted octanol–water partition coefficient (Wildman–Crippen LogP) is 0.127. The number of primary amides is 1. The first kappa shape index (κ1) is 13.7. The minimum atomic E-state index is -1.05. The van der Waals surface area contributed by atoms with Crippen LogP contribution in [0.2, 0.25) is 0 Å². The monoisotopic (exact) mass is 275 g/mol. The van der Waals surface area contributed by atoms with Crippen molar-refractivity contribution in [1.82, 2.24) is 9.55 Å². The first-order chi connectivity index (χ1) is 9.49. The molecule has 0 aliphatic rings. The van der Waals surface area contributed by atoms with Crippen LogP contribution < -0.4 is 10.5 Å². The van der Waals surface area contributed by atoms with Gasteiger partial charge >= 0.3 is 0 Å². The molecule has 2 heterocycles. The van der Waals surface area contributed by atoms with E-state index in [9.17, 15) is 14.4 Å². The zero-order valence-electron chi connectivity index (χ0n) is 11.0. The van der Waals surface area contributed by atoms with Crippen LogP contribution in [0.5, 0.6) is 5.88 Å². The van der Waals surface area contributed by atoms with Crippen LogP contribution in [0.25, 0.3) is 10.9 Å². The molecule has 2 N–H and O–H groups in total. The lowest BCUT2D eigenvalue weighted by molar-refractivity contribution is -0.114.